The molecule has 0 spiro atoms. The van der Waals surface area contributed by atoms with Crippen LogP contribution in [0.1, 0.15) is 26.3 Å². The van der Waals surface area contributed by atoms with E-state index in [2.05, 4.69) is 30.9 Å². The highest BCUT2D eigenvalue weighted by Gasteiger charge is 2.18. The van der Waals surface area contributed by atoms with Gasteiger partial charge in [0.1, 0.15) is 0 Å². The molecule has 2 aromatic heterocycles. The number of aryl methyl sites for hydroxylation is 1. The van der Waals surface area contributed by atoms with E-state index in [-0.39, 0.29) is 18.6 Å². The third-order valence-electron chi connectivity index (χ3n) is 4.48. The van der Waals surface area contributed by atoms with Crippen molar-refractivity contribution >= 4 is 28.6 Å². The van der Waals surface area contributed by atoms with Crippen LogP contribution in [0.3, 0.4) is 0 Å². The van der Waals surface area contributed by atoms with Crippen molar-refractivity contribution in [3.05, 3.63) is 29.8 Å². The van der Waals surface area contributed by atoms with Crippen LogP contribution in [0, 0.1) is 5.92 Å². The van der Waals surface area contributed by atoms with Crippen LogP contribution in [0.4, 0.5) is 17.5 Å². The molecule has 0 radical (unpaired) electrons. The van der Waals surface area contributed by atoms with Crippen molar-refractivity contribution in [1.29, 1.82) is 0 Å². The summed E-state index contributed by atoms with van der Waals surface area (Å²) < 4.78 is 1.72. The van der Waals surface area contributed by atoms with Gasteiger partial charge >= 0.3 is 0 Å². The van der Waals surface area contributed by atoms with Gasteiger partial charge in [-0.2, -0.15) is 9.97 Å². The minimum Gasteiger partial charge on any atom is -0.398 e. The zero-order valence-corrected chi connectivity index (χ0v) is 15.8. The van der Waals surface area contributed by atoms with Gasteiger partial charge in [0.2, 0.25) is 5.95 Å². The Bertz CT molecular complexity index is 908. The number of aliphatic hydroxyl groups excluding tert-OH is 1. The van der Waals surface area contributed by atoms with Crippen molar-refractivity contribution in [3.8, 4) is 0 Å². The lowest BCUT2D eigenvalue weighted by molar-refractivity contribution is 0.248. The van der Waals surface area contributed by atoms with Gasteiger partial charge in [-0.25, -0.2) is 4.68 Å². The number of aliphatic hydroxyl groups is 1. The largest absolute Gasteiger partial charge is 0.398 e. The highest BCUT2D eigenvalue weighted by Crippen LogP contribution is 2.22. The number of nitrogens with zero attached hydrogens (tertiary/aromatic N) is 5. The van der Waals surface area contributed by atoms with Gasteiger partial charge in [-0.3, -0.25) is 0 Å². The van der Waals surface area contributed by atoms with E-state index in [1.165, 1.54) is 0 Å². The Hall–Kier alpha value is -2.94. The second-order valence-corrected chi connectivity index (χ2v) is 6.70. The van der Waals surface area contributed by atoms with Crippen LogP contribution >= 0.6 is 0 Å². The van der Waals surface area contributed by atoms with Gasteiger partial charge in [0.15, 0.2) is 17.0 Å². The van der Waals surface area contributed by atoms with E-state index in [0.29, 0.717) is 41.7 Å². The number of para-hydroxylation sites is 1. The van der Waals surface area contributed by atoms with Crippen molar-refractivity contribution in [2.75, 3.05) is 23.0 Å². The van der Waals surface area contributed by atoms with Crippen LogP contribution in [0.25, 0.3) is 11.2 Å². The Labute approximate surface area is 158 Å². The summed E-state index contributed by atoms with van der Waals surface area (Å²) in [6, 6.07) is 7.52. The first-order valence-electron chi connectivity index (χ1n) is 9.09. The summed E-state index contributed by atoms with van der Waals surface area (Å²) in [4.78, 5) is 9.11. The molecule has 27 heavy (non-hydrogen) atoms. The summed E-state index contributed by atoms with van der Waals surface area (Å²) in [5, 5.41) is 24.5. The van der Waals surface area contributed by atoms with Gasteiger partial charge < -0.3 is 21.5 Å². The van der Waals surface area contributed by atoms with Gasteiger partial charge in [0.25, 0.3) is 0 Å². The van der Waals surface area contributed by atoms with E-state index >= 15 is 0 Å². The van der Waals surface area contributed by atoms with Crippen molar-refractivity contribution in [2.24, 2.45) is 5.92 Å². The maximum Gasteiger partial charge on any atom is 0.227 e. The summed E-state index contributed by atoms with van der Waals surface area (Å²) >= 11 is 0. The molecule has 3 aromatic rings. The smallest absolute Gasteiger partial charge is 0.227 e. The molecule has 0 fully saturated rings. The van der Waals surface area contributed by atoms with E-state index in [9.17, 15) is 5.11 Å². The fourth-order valence-corrected chi connectivity index (χ4v) is 2.72. The zero-order chi connectivity index (χ0) is 19.4. The Kier molecular flexibility index (Phi) is 5.70. The first kappa shape index (κ1) is 18.8. The molecule has 0 aliphatic rings. The molecule has 0 unspecified atom stereocenters. The molecule has 1 aromatic carbocycles. The lowest BCUT2D eigenvalue weighted by atomic mass is 10.1. The van der Waals surface area contributed by atoms with Gasteiger partial charge in [0, 0.05) is 18.8 Å². The molecule has 9 nitrogen and oxygen atoms in total. The van der Waals surface area contributed by atoms with Crippen molar-refractivity contribution < 1.29 is 5.11 Å². The lowest BCUT2D eigenvalue weighted by Gasteiger charge is -2.20. The normalized spacial score (nSPS) is 12.5. The van der Waals surface area contributed by atoms with Gasteiger partial charge in [-0.15, -0.1) is 5.10 Å². The predicted molar refractivity (Wildman–Crippen MR) is 106 cm³/mol. The Morgan fingerprint density at radius 2 is 2.00 bits per heavy atom. The number of rotatable bonds is 8. The second-order valence-electron chi connectivity index (χ2n) is 6.70. The maximum absolute atomic E-state index is 9.61. The van der Waals surface area contributed by atoms with E-state index < -0.39 is 0 Å². The first-order chi connectivity index (χ1) is 13.0. The number of nitrogen functional groups attached to an aromatic ring is 1. The van der Waals surface area contributed by atoms with Crippen LogP contribution in [0.15, 0.2) is 24.3 Å². The number of aromatic nitrogens is 5. The molecule has 9 heteroatoms. The molecule has 1 atom stereocenters. The van der Waals surface area contributed by atoms with E-state index in [0.717, 1.165) is 5.56 Å². The summed E-state index contributed by atoms with van der Waals surface area (Å²) in [5.41, 5.74) is 8.95. The zero-order valence-electron chi connectivity index (χ0n) is 15.8. The van der Waals surface area contributed by atoms with E-state index in [1.54, 1.807) is 4.68 Å². The molecule has 0 amide bonds. The summed E-state index contributed by atoms with van der Waals surface area (Å²) in [5.74, 6) is 1.23. The maximum atomic E-state index is 9.61. The average molecular weight is 370 g/mol. The van der Waals surface area contributed by atoms with E-state index in [4.69, 9.17) is 5.73 Å². The highest BCUT2D eigenvalue weighted by molar-refractivity contribution is 5.83. The molecule has 2 heterocycles. The number of hydrogen-bond acceptors (Lipinski definition) is 8. The monoisotopic (exact) mass is 370 g/mol. The van der Waals surface area contributed by atoms with Gasteiger partial charge in [-0.1, -0.05) is 37.3 Å². The summed E-state index contributed by atoms with van der Waals surface area (Å²) in [6.07, 6.45) is 0. The molecule has 0 bridgehead atoms. The SMILES string of the molecule is CCn1nnc2c(NCc3ccccc3N)nc(N[C@@H](CO)C(C)C)nc21. The third-order valence-corrected chi connectivity index (χ3v) is 4.48. The van der Waals surface area contributed by atoms with Crippen LogP contribution < -0.4 is 16.4 Å². The van der Waals surface area contributed by atoms with Crippen molar-refractivity contribution in [2.45, 2.75) is 39.9 Å². The number of anilines is 3. The standard InChI is InChI=1S/C18H26N8O/c1-4-26-17-15(24-25-26)16(20-9-12-7-5-6-8-13(12)19)22-18(23-17)21-14(10-27)11(2)3/h5-8,11,14,27H,4,9-10,19H2,1-3H3,(H2,20,21,22,23)/t14-/m0/s1. The summed E-state index contributed by atoms with van der Waals surface area (Å²) in [7, 11) is 0. The van der Waals surface area contributed by atoms with Gasteiger partial charge in [-0.05, 0) is 24.5 Å². The van der Waals surface area contributed by atoms with Crippen LogP contribution in [0.5, 0.6) is 0 Å². The average Bonchev–Trinajstić information content (AvgIpc) is 3.08. The van der Waals surface area contributed by atoms with Crippen molar-refractivity contribution in [1.82, 2.24) is 25.0 Å². The molecule has 0 saturated carbocycles. The minimum absolute atomic E-state index is 0.00629. The van der Waals surface area contributed by atoms with Crippen LogP contribution in [-0.2, 0) is 13.1 Å². The molecule has 144 valence electrons. The number of nitrogens with one attached hydrogen (secondary N) is 2. The molecule has 0 aliphatic carbocycles. The summed E-state index contributed by atoms with van der Waals surface area (Å²) in [6.45, 7) is 7.18. The fraction of sp³-hybridized carbons (Fsp3) is 0.444. The number of benzene rings is 1. The van der Waals surface area contributed by atoms with Gasteiger partial charge in [0.05, 0.1) is 12.6 Å². The first-order valence-corrected chi connectivity index (χ1v) is 9.09. The topological polar surface area (TPSA) is 127 Å². The minimum atomic E-state index is -0.147. The van der Waals surface area contributed by atoms with Crippen molar-refractivity contribution in [3.63, 3.8) is 0 Å². The molecule has 0 saturated heterocycles. The molecule has 5 N–H and O–H groups in total. The molecule has 3 rings (SSSR count). The molecular weight excluding hydrogens is 344 g/mol. The predicted octanol–water partition coefficient (Wildman–Crippen LogP) is 1.86. The number of fused-ring (bicyclic) bond motifs is 1. The molecule has 0 aliphatic heterocycles. The third kappa shape index (κ3) is 4.08. The van der Waals surface area contributed by atoms with Crippen LogP contribution in [-0.4, -0.2) is 42.7 Å². The Balaban J connectivity index is 1.94. The second kappa shape index (κ2) is 8.17. The Morgan fingerprint density at radius 1 is 1.22 bits per heavy atom. The number of nitrogens with two attached hydrogens (primary N) is 1. The molecular formula is C18H26N8O. The van der Waals surface area contributed by atoms with Crippen LogP contribution in [0.2, 0.25) is 0 Å². The highest BCUT2D eigenvalue weighted by atomic mass is 16.3. The lowest BCUT2D eigenvalue weighted by Crippen LogP contribution is -2.30. The quantitative estimate of drug-likeness (QED) is 0.443. The fourth-order valence-electron chi connectivity index (χ4n) is 2.72. The van der Waals surface area contributed by atoms with E-state index in [1.807, 2.05) is 45.0 Å². The number of hydrogen-bond donors (Lipinski definition) is 4. The Morgan fingerprint density at radius 3 is 2.67 bits per heavy atom.